The molecular formula is C17H13Cl2F. The molecule has 4 rings (SSSR count). The van der Waals surface area contributed by atoms with Gasteiger partial charge in [0.1, 0.15) is 10.7 Å². The van der Waals surface area contributed by atoms with Crippen molar-refractivity contribution in [1.29, 1.82) is 0 Å². The van der Waals surface area contributed by atoms with E-state index in [-0.39, 0.29) is 5.82 Å². The molecule has 0 spiro atoms. The Morgan fingerprint density at radius 1 is 1.00 bits per heavy atom. The first-order valence-electron chi connectivity index (χ1n) is 6.72. The third-order valence-electron chi connectivity index (χ3n) is 4.84. The summed E-state index contributed by atoms with van der Waals surface area (Å²) in [6.45, 7) is 1.81. The first kappa shape index (κ1) is 12.7. The zero-order valence-electron chi connectivity index (χ0n) is 11.0. The van der Waals surface area contributed by atoms with Crippen LogP contribution < -0.4 is 0 Å². The second-order valence-electron chi connectivity index (χ2n) is 5.83. The summed E-state index contributed by atoms with van der Waals surface area (Å²) in [6.07, 6.45) is 1.34. The molecule has 2 aliphatic rings. The van der Waals surface area contributed by atoms with Gasteiger partial charge in [0, 0.05) is 0 Å². The van der Waals surface area contributed by atoms with Crippen molar-refractivity contribution in [3.8, 4) is 0 Å². The van der Waals surface area contributed by atoms with Gasteiger partial charge in [-0.1, -0.05) is 30.3 Å². The summed E-state index contributed by atoms with van der Waals surface area (Å²) in [6, 6.07) is 11.4. The maximum absolute atomic E-state index is 13.8. The topological polar surface area (TPSA) is 0 Å². The lowest BCUT2D eigenvalue weighted by molar-refractivity contribution is 0.545. The van der Waals surface area contributed by atoms with Gasteiger partial charge in [-0.25, -0.2) is 4.39 Å². The molecule has 102 valence electrons. The van der Waals surface area contributed by atoms with Crippen LogP contribution in [0.3, 0.4) is 0 Å². The molecule has 0 amide bonds. The molecule has 2 atom stereocenters. The first-order chi connectivity index (χ1) is 9.47. The molecule has 0 bridgehead atoms. The van der Waals surface area contributed by atoms with Gasteiger partial charge in [-0.05, 0) is 53.6 Å². The summed E-state index contributed by atoms with van der Waals surface area (Å²) in [5, 5.41) is 0. The maximum atomic E-state index is 13.8. The van der Waals surface area contributed by atoms with Crippen molar-refractivity contribution in [2.45, 2.75) is 29.5 Å². The van der Waals surface area contributed by atoms with Crippen molar-refractivity contribution < 1.29 is 4.39 Å². The Balaban J connectivity index is 2.06. The van der Waals surface area contributed by atoms with Crippen LogP contribution in [-0.2, 0) is 17.7 Å². The van der Waals surface area contributed by atoms with Crippen LogP contribution in [0, 0.1) is 12.7 Å². The van der Waals surface area contributed by atoms with E-state index in [1.165, 1.54) is 11.6 Å². The molecule has 2 aromatic carbocycles. The number of halogens is 3. The molecule has 2 aromatic rings. The van der Waals surface area contributed by atoms with Gasteiger partial charge in [0.25, 0.3) is 0 Å². The predicted octanol–water partition coefficient (Wildman–Crippen LogP) is 4.71. The fourth-order valence-corrected chi connectivity index (χ4v) is 4.78. The lowest BCUT2D eigenvalue weighted by Gasteiger charge is -2.31. The van der Waals surface area contributed by atoms with E-state index in [0.29, 0.717) is 12.0 Å². The standard InChI is InChI=1S/C17H13Cl2F/c1-10-12-9-16(18)8-11-4-2-3-5-13(11)17(16,19)14(12)6-7-15(10)20/h2-7H,8-9H2,1H3. The average molecular weight is 307 g/mol. The SMILES string of the molecule is Cc1c(F)ccc2c1CC1(Cl)Cc3ccccc3C21Cl. The Morgan fingerprint density at radius 3 is 2.55 bits per heavy atom. The van der Waals surface area contributed by atoms with Gasteiger partial charge in [-0.2, -0.15) is 0 Å². The molecule has 0 fully saturated rings. The van der Waals surface area contributed by atoms with E-state index in [2.05, 4.69) is 6.07 Å². The van der Waals surface area contributed by atoms with Crippen LogP contribution in [0.4, 0.5) is 4.39 Å². The summed E-state index contributed by atoms with van der Waals surface area (Å²) in [4.78, 5) is -1.32. The number of benzene rings is 2. The minimum absolute atomic E-state index is 0.183. The van der Waals surface area contributed by atoms with E-state index in [4.69, 9.17) is 23.2 Å². The largest absolute Gasteiger partial charge is 0.207 e. The molecule has 0 aliphatic heterocycles. The van der Waals surface area contributed by atoms with Crippen molar-refractivity contribution in [2.24, 2.45) is 0 Å². The zero-order valence-corrected chi connectivity index (χ0v) is 12.5. The first-order valence-corrected chi connectivity index (χ1v) is 7.48. The quantitative estimate of drug-likeness (QED) is 0.619. The highest BCUT2D eigenvalue weighted by Crippen LogP contribution is 2.63. The molecule has 0 radical (unpaired) electrons. The zero-order chi connectivity index (χ0) is 14.1. The Morgan fingerprint density at radius 2 is 1.75 bits per heavy atom. The smallest absolute Gasteiger partial charge is 0.126 e. The number of hydrogen-bond donors (Lipinski definition) is 0. The highest BCUT2D eigenvalue weighted by molar-refractivity contribution is 6.38. The normalized spacial score (nSPS) is 30.0. The number of fused-ring (bicyclic) bond motifs is 5. The van der Waals surface area contributed by atoms with Crippen LogP contribution in [0.15, 0.2) is 36.4 Å². The summed E-state index contributed by atoms with van der Waals surface area (Å²) < 4.78 is 13.8. The summed E-state index contributed by atoms with van der Waals surface area (Å²) in [7, 11) is 0. The molecule has 2 unspecified atom stereocenters. The van der Waals surface area contributed by atoms with E-state index < -0.39 is 9.75 Å². The van der Waals surface area contributed by atoms with Gasteiger partial charge in [-0.15, -0.1) is 23.2 Å². The molecule has 0 saturated heterocycles. The monoisotopic (exact) mass is 306 g/mol. The second-order valence-corrected chi connectivity index (χ2v) is 7.12. The van der Waals surface area contributed by atoms with Gasteiger partial charge in [-0.3, -0.25) is 0 Å². The molecule has 2 aliphatic carbocycles. The Kier molecular flexibility index (Phi) is 2.39. The Hall–Kier alpha value is -1.05. The summed E-state index contributed by atoms with van der Waals surface area (Å²) >= 11 is 14.0. The highest BCUT2D eigenvalue weighted by Gasteiger charge is 2.61. The fraction of sp³-hybridized carbons (Fsp3) is 0.294. The lowest BCUT2D eigenvalue weighted by Crippen LogP contribution is -2.37. The lowest BCUT2D eigenvalue weighted by atomic mass is 9.90. The van der Waals surface area contributed by atoms with Crippen molar-refractivity contribution in [3.63, 3.8) is 0 Å². The number of hydrogen-bond acceptors (Lipinski definition) is 0. The Labute approximate surface area is 127 Å². The minimum Gasteiger partial charge on any atom is -0.207 e. The van der Waals surface area contributed by atoms with E-state index in [9.17, 15) is 4.39 Å². The van der Waals surface area contributed by atoms with E-state index in [1.54, 1.807) is 6.07 Å². The van der Waals surface area contributed by atoms with Gasteiger partial charge < -0.3 is 0 Å². The molecule has 0 N–H and O–H groups in total. The van der Waals surface area contributed by atoms with Crippen LogP contribution in [0.1, 0.15) is 27.8 Å². The molecule has 0 saturated carbocycles. The molecule has 3 heteroatoms. The van der Waals surface area contributed by atoms with E-state index in [0.717, 1.165) is 23.1 Å². The van der Waals surface area contributed by atoms with Crippen molar-refractivity contribution in [1.82, 2.24) is 0 Å². The number of alkyl halides is 2. The van der Waals surface area contributed by atoms with Gasteiger partial charge in [0.05, 0.1) is 4.87 Å². The van der Waals surface area contributed by atoms with Crippen LogP contribution in [0.25, 0.3) is 0 Å². The molecule has 0 nitrogen and oxygen atoms in total. The van der Waals surface area contributed by atoms with Crippen LogP contribution >= 0.6 is 23.2 Å². The Bertz CT molecular complexity index is 740. The minimum atomic E-state index is -0.737. The molecule has 0 aromatic heterocycles. The van der Waals surface area contributed by atoms with Crippen molar-refractivity contribution >= 4 is 23.2 Å². The molecular weight excluding hydrogens is 294 g/mol. The van der Waals surface area contributed by atoms with Gasteiger partial charge >= 0.3 is 0 Å². The fourth-order valence-electron chi connectivity index (χ4n) is 3.81. The number of rotatable bonds is 0. The second kappa shape index (κ2) is 3.78. The molecule has 20 heavy (non-hydrogen) atoms. The maximum Gasteiger partial charge on any atom is 0.126 e. The van der Waals surface area contributed by atoms with Gasteiger partial charge in [0.2, 0.25) is 0 Å². The van der Waals surface area contributed by atoms with Gasteiger partial charge in [0.15, 0.2) is 0 Å². The predicted molar refractivity (Wildman–Crippen MR) is 80.2 cm³/mol. The van der Waals surface area contributed by atoms with Crippen molar-refractivity contribution in [3.05, 3.63) is 70.0 Å². The third kappa shape index (κ3) is 1.28. The summed E-state index contributed by atoms with van der Waals surface area (Å²) in [5.41, 5.74) is 4.89. The molecule has 0 heterocycles. The van der Waals surface area contributed by atoms with E-state index in [1.807, 2.05) is 25.1 Å². The van der Waals surface area contributed by atoms with Crippen LogP contribution in [-0.4, -0.2) is 4.87 Å². The average Bonchev–Trinajstić information content (AvgIpc) is 2.78. The van der Waals surface area contributed by atoms with E-state index >= 15 is 0 Å². The van der Waals surface area contributed by atoms with Crippen LogP contribution in [0.5, 0.6) is 0 Å². The van der Waals surface area contributed by atoms with Crippen LogP contribution in [0.2, 0.25) is 0 Å². The van der Waals surface area contributed by atoms with Crippen molar-refractivity contribution in [2.75, 3.05) is 0 Å². The third-order valence-corrected chi connectivity index (χ3v) is 6.25. The highest BCUT2D eigenvalue weighted by atomic mass is 35.5. The summed E-state index contributed by atoms with van der Waals surface area (Å²) in [5.74, 6) is -0.183.